The van der Waals surface area contributed by atoms with Gasteiger partial charge >= 0.3 is 86.5 Å². The van der Waals surface area contributed by atoms with Crippen molar-refractivity contribution in [3.8, 4) is 0 Å². The maximum absolute atomic E-state index is 13.3. The first-order valence-corrected chi connectivity index (χ1v) is 11.7. The van der Waals surface area contributed by atoms with Crippen LogP contribution in [0, 0.1) is 0 Å². The van der Waals surface area contributed by atoms with Crippen LogP contribution in [0.25, 0.3) is 0 Å². The first-order chi connectivity index (χ1) is 6.12. The topological polar surface area (TPSA) is 0 Å². The maximum atomic E-state index is 13.3. The fraction of sp³-hybridized carbons (Fsp3) is 1.00. The van der Waals surface area contributed by atoms with Gasteiger partial charge in [-0.25, -0.2) is 0 Å². The summed E-state index contributed by atoms with van der Waals surface area (Å²) in [6, 6.07) is 0. The van der Waals surface area contributed by atoms with Gasteiger partial charge in [-0.1, -0.05) is 0 Å². The van der Waals surface area contributed by atoms with Crippen LogP contribution in [-0.2, 0) is 0 Å². The van der Waals surface area contributed by atoms with Crippen LogP contribution in [0.15, 0.2) is 0 Å². The van der Waals surface area contributed by atoms with Gasteiger partial charge in [-0.3, -0.25) is 0 Å². The van der Waals surface area contributed by atoms with Crippen LogP contribution in [-0.4, -0.2) is 19.5 Å². The summed E-state index contributed by atoms with van der Waals surface area (Å²) in [6.45, 7) is 4.12. The second kappa shape index (κ2) is 8.01. The van der Waals surface area contributed by atoms with Crippen LogP contribution in [0.4, 0.5) is 5.73 Å². The summed E-state index contributed by atoms with van der Waals surface area (Å²) < 4.78 is 27.2. The molecule has 0 unspecified atom stereocenters. The Morgan fingerprint density at radius 3 is 1.46 bits per heavy atom. The van der Waals surface area contributed by atoms with Crippen molar-refractivity contribution in [3.63, 3.8) is 0 Å². The van der Waals surface area contributed by atoms with Gasteiger partial charge in [0.1, 0.15) is 0 Å². The second-order valence-electron chi connectivity index (χ2n) is 3.77. The third kappa shape index (κ3) is 8.97. The summed E-state index contributed by atoms with van der Waals surface area (Å²) in [5.41, 5.74) is 0. The summed E-state index contributed by atoms with van der Waals surface area (Å²) in [5, 5.41) is 0. The Kier molecular flexibility index (Phi) is 8.41. The van der Waals surface area contributed by atoms with E-state index >= 15 is 0 Å². The molecular formula is C10H22F2Sn. The van der Waals surface area contributed by atoms with E-state index in [0.717, 1.165) is 38.5 Å². The van der Waals surface area contributed by atoms with E-state index in [9.17, 15) is 5.73 Å². The molecule has 13 heavy (non-hydrogen) atoms. The number of hydrogen-bond acceptors (Lipinski definition) is 0. The van der Waals surface area contributed by atoms with E-state index in [0.29, 0.717) is 8.87 Å². The Balaban J connectivity index is 3.42. The molecule has 0 bridgehead atoms. The van der Waals surface area contributed by atoms with Gasteiger partial charge in [0.2, 0.25) is 0 Å². The average Bonchev–Trinajstić information content (AvgIpc) is 2.05. The first-order valence-electron chi connectivity index (χ1n) is 5.50. The van der Waals surface area contributed by atoms with Crippen LogP contribution in [0.1, 0.15) is 52.4 Å². The molecule has 80 valence electrons. The molecule has 0 aliphatic rings. The number of unbranched alkanes of at least 4 members (excludes halogenated alkanes) is 4. The molecular weight excluding hydrogens is 277 g/mol. The summed E-state index contributed by atoms with van der Waals surface area (Å²) in [7, 11) is 0. The second-order valence-corrected chi connectivity index (χ2v) is 11.5. The van der Waals surface area contributed by atoms with Gasteiger partial charge in [-0.2, -0.15) is 0 Å². The normalized spacial score (nSPS) is 12.0. The molecule has 0 saturated heterocycles. The first kappa shape index (κ1) is 13.7. The summed E-state index contributed by atoms with van der Waals surface area (Å²) in [4.78, 5) is 0. The molecule has 0 aliphatic heterocycles. The Labute approximate surface area is 86.5 Å². The molecule has 0 rings (SSSR count). The van der Waals surface area contributed by atoms with E-state index in [1.165, 1.54) is 0 Å². The molecule has 3 heteroatoms. The molecule has 0 aliphatic carbocycles. The predicted octanol–water partition coefficient (Wildman–Crippen LogP) is 4.75. The molecule has 0 aromatic heterocycles. The molecule has 0 radical (unpaired) electrons. The number of rotatable bonds is 8. The van der Waals surface area contributed by atoms with Crippen molar-refractivity contribution in [2.75, 3.05) is 0 Å². The van der Waals surface area contributed by atoms with Gasteiger partial charge in [-0.15, -0.1) is 0 Å². The minimum atomic E-state index is -4.48. The molecule has 0 nitrogen and oxygen atoms in total. The molecule has 0 saturated carbocycles. The van der Waals surface area contributed by atoms with Gasteiger partial charge in [0.25, 0.3) is 0 Å². The van der Waals surface area contributed by atoms with Gasteiger partial charge in [0, 0.05) is 0 Å². The molecule has 0 heterocycles. The van der Waals surface area contributed by atoms with E-state index in [1.54, 1.807) is 0 Å². The van der Waals surface area contributed by atoms with Crippen LogP contribution in [0.5, 0.6) is 0 Å². The van der Waals surface area contributed by atoms with E-state index in [4.69, 9.17) is 0 Å². The molecule has 0 aromatic rings. The van der Waals surface area contributed by atoms with Gasteiger partial charge in [0.15, 0.2) is 0 Å². The number of hydrogen-bond donors (Lipinski definition) is 0. The molecule has 0 atom stereocenters. The third-order valence-corrected chi connectivity index (χ3v) is 8.49. The van der Waals surface area contributed by atoms with Crippen LogP contribution < -0.4 is 0 Å². The van der Waals surface area contributed by atoms with Gasteiger partial charge < -0.3 is 0 Å². The summed E-state index contributed by atoms with van der Waals surface area (Å²) in [5.74, 6) is 0. The zero-order valence-corrected chi connectivity index (χ0v) is 11.8. The van der Waals surface area contributed by atoms with Crippen molar-refractivity contribution in [1.82, 2.24) is 0 Å². The molecule has 0 spiro atoms. The molecule has 0 amide bonds. The van der Waals surface area contributed by atoms with E-state index in [-0.39, 0.29) is 0 Å². The Morgan fingerprint density at radius 1 is 0.769 bits per heavy atom. The molecule has 0 fully saturated rings. The van der Waals surface area contributed by atoms with Crippen molar-refractivity contribution >= 4 is 19.5 Å². The SMILES string of the molecule is CCCC[CH2][Sn]([F])([F])[CH2]CCCC. The molecule has 0 aromatic carbocycles. The number of halogens is 2. The average molecular weight is 299 g/mol. The van der Waals surface area contributed by atoms with Gasteiger partial charge in [0.05, 0.1) is 0 Å². The minimum absolute atomic E-state index is 0.298. The van der Waals surface area contributed by atoms with E-state index < -0.39 is 19.5 Å². The van der Waals surface area contributed by atoms with Gasteiger partial charge in [-0.05, 0) is 0 Å². The van der Waals surface area contributed by atoms with E-state index in [1.807, 2.05) is 0 Å². The van der Waals surface area contributed by atoms with Crippen LogP contribution >= 0.6 is 0 Å². The fourth-order valence-electron chi connectivity index (χ4n) is 1.39. The van der Waals surface area contributed by atoms with Crippen molar-refractivity contribution in [2.45, 2.75) is 61.2 Å². The predicted molar refractivity (Wildman–Crippen MR) is 56.6 cm³/mol. The Morgan fingerprint density at radius 2 is 1.15 bits per heavy atom. The van der Waals surface area contributed by atoms with E-state index in [2.05, 4.69) is 13.8 Å². The zero-order chi connectivity index (χ0) is 10.2. The van der Waals surface area contributed by atoms with Crippen molar-refractivity contribution in [3.05, 3.63) is 0 Å². The quantitative estimate of drug-likeness (QED) is 0.448. The third-order valence-electron chi connectivity index (χ3n) is 2.29. The van der Waals surface area contributed by atoms with Crippen LogP contribution in [0.2, 0.25) is 8.87 Å². The Hall–Kier alpha value is 0.659. The zero-order valence-electron chi connectivity index (χ0n) is 8.91. The van der Waals surface area contributed by atoms with Crippen molar-refractivity contribution < 1.29 is 5.73 Å². The monoisotopic (exact) mass is 300 g/mol. The Bertz CT molecular complexity index is 103. The van der Waals surface area contributed by atoms with Crippen molar-refractivity contribution in [2.24, 2.45) is 0 Å². The standard InChI is InChI=1S/2C5H11.2FH.Sn/c2*1-3-5-4-2;;;/h2*1,3-5H2,2H3;2*1H;/q;;;;+2/p-2. The molecule has 0 N–H and O–H groups in total. The summed E-state index contributed by atoms with van der Waals surface area (Å²) >= 11 is -4.48. The summed E-state index contributed by atoms with van der Waals surface area (Å²) in [6.07, 6.45) is 5.62. The fourth-order valence-corrected chi connectivity index (χ4v) is 6.49. The van der Waals surface area contributed by atoms with Crippen molar-refractivity contribution in [1.29, 1.82) is 0 Å². The van der Waals surface area contributed by atoms with Crippen LogP contribution in [0.3, 0.4) is 0 Å².